The first-order chi connectivity index (χ1) is 17.7. The number of amides is 1. The maximum Gasteiger partial charge on any atom is 0.264 e. The van der Waals surface area contributed by atoms with Crippen molar-refractivity contribution < 1.29 is 9.53 Å². The Bertz CT molecular complexity index is 1540. The molecule has 0 N–H and O–H groups in total. The average Bonchev–Trinajstić information content (AvgIpc) is 3.63. The van der Waals surface area contributed by atoms with Crippen LogP contribution in [0.4, 0.5) is 0 Å². The summed E-state index contributed by atoms with van der Waals surface area (Å²) in [7, 11) is 0. The minimum atomic E-state index is -0.480. The maximum atomic E-state index is 13.8. The van der Waals surface area contributed by atoms with Gasteiger partial charge in [0.2, 0.25) is 0 Å². The number of aromatic nitrogens is 2. The predicted octanol–water partition coefficient (Wildman–Crippen LogP) is 4.36. The number of carbonyl (C=O) groups is 1. The smallest absolute Gasteiger partial charge is 0.264 e. The third-order valence-electron chi connectivity index (χ3n) is 7.81. The van der Waals surface area contributed by atoms with Gasteiger partial charge >= 0.3 is 0 Å². The zero-order valence-electron chi connectivity index (χ0n) is 20.0. The molecule has 1 atom stereocenters. The van der Waals surface area contributed by atoms with E-state index >= 15 is 0 Å². The standard InChI is InChI=1S/C30H27N3O3/c34-29-25(24-6-3-5-21-16-31-12-10-23(21)24)14-22-18-32(13-11-26(22)33(29)17-19-8-9-19)30(35)28-15-20-4-1-2-7-27(20)36-28/h1-7,10,12,14,16,19,28H,8-9,11,13,15,17-18H2. The Labute approximate surface area is 209 Å². The van der Waals surface area contributed by atoms with Crippen molar-refractivity contribution >= 4 is 16.7 Å². The van der Waals surface area contributed by atoms with E-state index in [1.807, 2.05) is 70.3 Å². The number of carbonyl (C=O) groups excluding carboxylic acids is 1. The topological polar surface area (TPSA) is 64.4 Å². The molecule has 2 aliphatic heterocycles. The second-order valence-electron chi connectivity index (χ2n) is 10.2. The van der Waals surface area contributed by atoms with Crippen LogP contribution in [-0.4, -0.2) is 33.0 Å². The van der Waals surface area contributed by atoms with E-state index in [1.54, 1.807) is 6.20 Å². The highest BCUT2D eigenvalue weighted by molar-refractivity contribution is 5.96. The van der Waals surface area contributed by atoms with Crippen molar-refractivity contribution in [3.8, 4) is 16.9 Å². The molecule has 4 heterocycles. The van der Waals surface area contributed by atoms with Gasteiger partial charge in [-0.2, -0.15) is 0 Å². The zero-order valence-corrected chi connectivity index (χ0v) is 20.0. The van der Waals surface area contributed by atoms with Crippen LogP contribution in [0.25, 0.3) is 21.9 Å². The number of rotatable bonds is 4. The maximum absolute atomic E-state index is 13.8. The molecule has 1 amide bonds. The summed E-state index contributed by atoms with van der Waals surface area (Å²) in [6.07, 6.45) is 6.77. The molecule has 0 spiro atoms. The minimum absolute atomic E-state index is 0.0228. The first kappa shape index (κ1) is 21.4. The highest BCUT2D eigenvalue weighted by atomic mass is 16.5. The minimum Gasteiger partial charge on any atom is -0.480 e. The summed E-state index contributed by atoms with van der Waals surface area (Å²) in [5, 5.41) is 2.03. The van der Waals surface area contributed by atoms with E-state index in [0.29, 0.717) is 37.4 Å². The quantitative estimate of drug-likeness (QED) is 0.438. The molecular formula is C30H27N3O3. The summed E-state index contributed by atoms with van der Waals surface area (Å²) >= 11 is 0. The molecule has 2 aromatic heterocycles. The van der Waals surface area contributed by atoms with Gasteiger partial charge in [0.15, 0.2) is 6.10 Å². The second-order valence-corrected chi connectivity index (χ2v) is 10.2. The largest absolute Gasteiger partial charge is 0.480 e. The Morgan fingerprint density at radius 1 is 1.03 bits per heavy atom. The Hall–Kier alpha value is -3.93. The molecule has 1 fully saturated rings. The van der Waals surface area contributed by atoms with Crippen LogP contribution in [0.1, 0.15) is 29.7 Å². The Balaban J connectivity index is 1.27. The molecule has 36 heavy (non-hydrogen) atoms. The van der Waals surface area contributed by atoms with Crippen LogP contribution in [0.5, 0.6) is 5.75 Å². The van der Waals surface area contributed by atoms with Gasteiger partial charge in [-0.25, -0.2) is 0 Å². The lowest BCUT2D eigenvalue weighted by molar-refractivity contribution is -0.138. The third kappa shape index (κ3) is 3.60. The van der Waals surface area contributed by atoms with Crippen molar-refractivity contribution in [2.75, 3.05) is 6.54 Å². The van der Waals surface area contributed by atoms with Crippen LogP contribution in [0.3, 0.4) is 0 Å². The Kier molecular flexibility index (Phi) is 4.94. The van der Waals surface area contributed by atoms with Crippen molar-refractivity contribution in [3.63, 3.8) is 0 Å². The Morgan fingerprint density at radius 3 is 2.78 bits per heavy atom. The van der Waals surface area contributed by atoms with Crippen LogP contribution < -0.4 is 10.3 Å². The lowest BCUT2D eigenvalue weighted by Crippen LogP contribution is -2.45. The van der Waals surface area contributed by atoms with Crippen LogP contribution in [0.2, 0.25) is 0 Å². The first-order valence-electron chi connectivity index (χ1n) is 12.8. The molecule has 0 radical (unpaired) electrons. The van der Waals surface area contributed by atoms with Crippen molar-refractivity contribution in [3.05, 3.63) is 94.2 Å². The van der Waals surface area contributed by atoms with Crippen LogP contribution in [-0.2, 0) is 30.7 Å². The van der Waals surface area contributed by atoms with E-state index in [2.05, 4.69) is 4.98 Å². The van der Waals surface area contributed by atoms with Gasteiger partial charge in [0, 0.05) is 61.5 Å². The van der Waals surface area contributed by atoms with Crippen molar-refractivity contribution in [1.82, 2.24) is 14.5 Å². The van der Waals surface area contributed by atoms with E-state index in [9.17, 15) is 9.59 Å². The van der Waals surface area contributed by atoms with E-state index in [4.69, 9.17) is 4.74 Å². The molecule has 1 aliphatic carbocycles. The highest BCUT2D eigenvalue weighted by Crippen LogP contribution is 2.34. The molecule has 1 saturated carbocycles. The SMILES string of the molecule is O=C(C1Cc2ccccc2O1)N1CCc2c(cc(-c3cccc4cnccc34)c(=O)n2CC2CC2)C1. The van der Waals surface area contributed by atoms with E-state index in [-0.39, 0.29) is 11.5 Å². The zero-order chi connectivity index (χ0) is 24.2. The monoisotopic (exact) mass is 477 g/mol. The first-order valence-corrected chi connectivity index (χ1v) is 12.8. The van der Waals surface area contributed by atoms with Gasteiger partial charge in [-0.05, 0) is 59.0 Å². The van der Waals surface area contributed by atoms with Gasteiger partial charge in [0.05, 0.1) is 0 Å². The van der Waals surface area contributed by atoms with Crippen molar-refractivity contribution in [1.29, 1.82) is 0 Å². The molecule has 2 aromatic carbocycles. The third-order valence-corrected chi connectivity index (χ3v) is 7.81. The fourth-order valence-corrected chi connectivity index (χ4v) is 5.73. The number of para-hydroxylation sites is 1. The summed E-state index contributed by atoms with van der Waals surface area (Å²) in [5.41, 5.74) is 4.91. The number of ether oxygens (including phenoxy) is 1. The summed E-state index contributed by atoms with van der Waals surface area (Å²) < 4.78 is 8.01. The Morgan fingerprint density at radius 2 is 1.92 bits per heavy atom. The summed E-state index contributed by atoms with van der Waals surface area (Å²) in [6, 6.07) is 17.9. The van der Waals surface area contributed by atoms with E-state index in [0.717, 1.165) is 45.5 Å². The van der Waals surface area contributed by atoms with Crippen LogP contribution >= 0.6 is 0 Å². The van der Waals surface area contributed by atoms with E-state index < -0.39 is 6.10 Å². The second kappa shape index (κ2) is 8.33. The number of fused-ring (bicyclic) bond motifs is 3. The molecule has 6 nitrogen and oxygen atoms in total. The predicted molar refractivity (Wildman–Crippen MR) is 138 cm³/mol. The van der Waals surface area contributed by atoms with Gasteiger partial charge in [0.25, 0.3) is 11.5 Å². The molecule has 3 aliphatic rings. The fraction of sp³-hybridized carbons (Fsp3) is 0.300. The fourth-order valence-electron chi connectivity index (χ4n) is 5.73. The van der Waals surface area contributed by atoms with Gasteiger partial charge in [0.1, 0.15) is 5.75 Å². The molecule has 6 heteroatoms. The van der Waals surface area contributed by atoms with Gasteiger partial charge in [-0.15, -0.1) is 0 Å². The lowest BCUT2D eigenvalue weighted by Gasteiger charge is -2.32. The number of benzene rings is 2. The number of nitrogens with zero attached hydrogens (tertiary/aromatic N) is 3. The number of hydrogen-bond acceptors (Lipinski definition) is 4. The van der Waals surface area contributed by atoms with Gasteiger partial charge < -0.3 is 14.2 Å². The van der Waals surface area contributed by atoms with Crippen molar-refractivity contribution in [2.45, 2.75) is 44.9 Å². The number of pyridine rings is 2. The molecule has 7 rings (SSSR count). The molecule has 0 bridgehead atoms. The highest BCUT2D eigenvalue weighted by Gasteiger charge is 2.35. The molecule has 1 unspecified atom stereocenters. The van der Waals surface area contributed by atoms with Crippen molar-refractivity contribution in [2.24, 2.45) is 5.92 Å². The van der Waals surface area contributed by atoms with Crippen LogP contribution in [0.15, 0.2) is 71.8 Å². The van der Waals surface area contributed by atoms with Crippen LogP contribution in [0, 0.1) is 5.92 Å². The lowest BCUT2D eigenvalue weighted by atomic mass is 9.95. The van der Waals surface area contributed by atoms with E-state index in [1.165, 1.54) is 12.8 Å². The van der Waals surface area contributed by atoms with Gasteiger partial charge in [-0.1, -0.05) is 36.4 Å². The summed E-state index contributed by atoms with van der Waals surface area (Å²) in [5.74, 6) is 1.40. The van der Waals surface area contributed by atoms with Gasteiger partial charge in [-0.3, -0.25) is 14.6 Å². The number of hydrogen-bond donors (Lipinski definition) is 0. The molecule has 4 aromatic rings. The summed E-state index contributed by atoms with van der Waals surface area (Å²) in [6.45, 7) is 1.86. The molecule has 0 saturated heterocycles. The average molecular weight is 478 g/mol. The summed E-state index contributed by atoms with van der Waals surface area (Å²) in [4.78, 5) is 33.5. The molecular weight excluding hydrogens is 450 g/mol. The molecule has 180 valence electrons. The normalized spacial score (nSPS) is 18.6.